The lowest BCUT2D eigenvalue weighted by atomic mass is 10.2. The smallest absolute Gasteiger partial charge is 0.251 e. The summed E-state index contributed by atoms with van der Waals surface area (Å²) in [5.74, 6) is -4.63. The Hall–Kier alpha value is -2.24. The number of carbonyl (C=O) groups is 1. The number of carbonyl (C=O) groups excluding carboxylic acids is 1. The van der Waals surface area contributed by atoms with Crippen molar-refractivity contribution in [2.24, 2.45) is 0 Å². The van der Waals surface area contributed by atoms with Crippen LogP contribution in [0.5, 0.6) is 0 Å². The Kier molecular flexibility index (Phi) is 3.36. The molecule has 0 aliphatic carbocycles. The van der Waals surface area contributed by atoms with Gasteiger partial charge in [0.05, 0.1) is 12.8 Å². The molecule has 2 rings (SSSR count). The quantitative estimate of drug-likeness (QED) is 0.856. The van der Waals surface area contributed by atoms with Gasteiger partial charge in [0.25, 0.3) is 5.91 Å². The van der Waals surface area contributed by atoms with Crippen molar-refractivity contribution in [3.63, 3.8) is 0 Å². The highest BCUT2D eigenvalue weighted by molar-refractivity contribution is 5.94. The van der Waals surface area contributed by atoms with Crippen molar-refractivity contribution in [1.29, 1.82) is 0 Å². The topological polar surface area (TPSA) is 42.2 Å². The molecule has 0 saturated carbocycles. The summed E-state index contributed by atoms with van der Waals surface area (Å²) in [6.07, 6.45) is 1.43. The summed E-state index contributed by atoms with van der Waals surface area (Å²) in [6, 6.07) is 4.54. The fourth-order valence-electron chi connectivity index (χ4n) is 1.37. The van der Waals surface area contributed by atoms with E-state index in [2.05, 4.69) is 5.32 Å². The second-order valence-corrected chi connectivity index (χ2v) is 3.52. The van der Waals surface area contributed by atoms with Gasteiger partial charge in [-0.15, -0.1) is 0 Å². The van der Waals surface area contributed by atoms with Gasteiger partial charge in [0.1, 0.15) is 5.76 Å². The molecule has 18 heavy (non-hydrogen) atoms. The Morgan fingerprint density at radius 3 is 2.44 bits per heavy atom. The summed E-state index contributed by atoms with van der Waals surface area (Å²) in [6.45, 7) is 0.0758. The number of furan rings is 1. The summed E-state index contributed by atoms with van der Waals surface area (Å²) < 4.78 is 43.5. The van der Waals surface area contributed by atoms with Gasteiger partial charge in [0, 0.05) is 5.56 Å². The van der Waals surface area contributed by atoms with E-state index < -0.39 is 23.4 Å². The molecule has 0 radical (unpaired) electrons. The number of benzene rings is 1. The SMILES string of the molecule is O=C(NCc1ccco1)c1cc(F)c(F)c(F)c1. The van der Waals surface area contributed by atoms with Crippen LogP contribution in [0.4, 0.5) is 13.2 Å². The first-order valence-electron chi connectivity index (χ1n) is 5.03. The summed E-state index contributed by atoms with van der Waals surface area (Å²) in [5.41, 5.74) is -0.294. The third-order valence-electron chi connectivity index (χ3n) is 2.25. The number of nitrogens with one attached hydrogen (secondary N) is 1. The number of amides is 1. The van der Waals surface area contributed by atoms with Crippen LogP contribution in [0, 0.1) is 17.5 Å². The molecule has 0 saturated heterocycles. The molecule has 0 aliphatic rings. The maximum Gasteiger partial charge on any atom is 0.251 e. The number of hydrogen-bond donors (Lipinski definition) is 1. The summed E-state index contributed by atoms with van der Waals surface area (Å²) >= 11 is 0. The maximum absolute atomic E-state index is 12.9. The summed E-state index contributed by atoms with van der Waals surface area (Å²) in [5, 5.41) is 2.39. The average molecular weight is 255 g/mol. The van der Waals surface area contributed by atoms with Gasteiger partial charge in [-0.25, -0.2) is 13.2 Å². The highest BCUT2D eigenvalue weighted by Gasteiger charge is 2.14. The molecule has 0 aliphatic heterocycles. The monoisotopic (exact) mass is 255 g/mol. The predicted molar refractivity (Wildman–Crippen MR) is 56.2 cm³/mol. The van der Waals surface area contributed by atoms with Gasteiger partial charge in [-0.3, -0.25) is 4.79 Å². The fraction of sp³-hybridized carbons (Fsp3) is 0.0833. The molecule has 94 valence electrons. The zero-order valence-corrected chi connectivity index (χ0v) is 9.04. The van der Waals surface area contributed by atoms with Crippen molar-refractivity contribution in [2.75, 3.05) is 0 Å². The van der Waals surface area contributed by atoms with Crippen molar-refractivity contribution in [2.45, 2.75) is 6.54 Å². The molecule has 0 atom stereocenters. The first kappa shape index (κ1) is 12.2. The van der Waals surface area contributed by atoms with Crippen LogP contribution >= 0.6 is 0 Å². The Balaban J connectivity index is 2.09. The Labute approximate surface area is 100 Å². The third kappa shape index (κ3) is 2.53. The lowest BCUT2D eigenvalue weighted by molar-refractivity contribution is 0.0947. The van der Waals surface area contributed by atoms with Gasteiger partial charge in [-0.1, -0.05) is 0 Å². The van der Waals surface area contributed by atoms with Gasteiger partial charge < -0.3 is 9.73 Å². The van der Waals surface area contributed by atoms with E-state index in [4.69, 9.17) is 4.42 Å². The van der Waals surface area contributed by atoms with Crippen LogP contribution in [0.25, 0.3) is 0 Å². The molecule has 1 N–H and O–H groups in total. The molecular formula is C12H8F3NO2. The van der Waals surface area contributed by atoms with Crippen LogP contribution in [0.1, 0.15) is 16.1 Å². The van der Waals surface area contributed by atoms with E-state index in [0.717, 1.165) is 0 Å². The number of rotatable bonds is 3. The van der Waals surface area contributed by atoms with Crippen LogP contribution in [0.15, 0.2) is 34.9 Å². The standard InChI is InChI=1S/C12H8F3NO2/c13-9-4-7(5-10(14)11(9)15)12(17)16-6-8-2-1-3-18-8/h1-5H,6H2,(H,16,17). The number of halogens is 3. The largest absolute Gasteiger partial charge is 0.467 e. The molecule has 6 heteroatoms. The third-order valence-corrected chi connectivity index (χ3v) is 2.25. The lowest BCUT2D eigenvalue weighted by Crippen LogP contribution is -2.23. The molecule has 0 fully saturated rings. The van der Waals surface area contributed by atoms with Crippen LogP contribution < -0.4 is 5.32 Å². The van der Waals surface area contributed by atoms with Crippen molar-refractivity contribution >= 4 is 5.91 Å². The highest BCUT2D eigenvalue weighted by Crippen LogP contribution is 2.13. The molecule has 0 bridgehead atoms. The van der Waals surface area contributed by atoms with E-state index in [1.165, 1.54) is 6.26 Å². The summed E-state index contributed by atoms with van der Waals surface area (Å²) in [7, 11) is 0. The van der Waals surface area contributed by atoms with E-state index in [1.54, 1.807) is 12.1 Å². The Bertz CT molecular complexity index is 544. The van der Waals surface area contributed by atoms with Crippen molar-refractivity contribution in [1.82, 2.24) is 5.32 Å². The van der Waals surface area contributed by atoms with E-state index >= 15 is 0 Å². The molecule has 1 amide bonds. The number of hydrogen-bond acceptors (Lipinski definition) is 2. The molecule has 1 aromatic heterocycles. The van der Waals surface area contributed by atoms with Gasteiger partial charge >= 0.3 is 0 Å². The summed E-state index contributed by atoms with van der Waals surface area (Å²) in [4.78, 5) is 11.5. The van der Waals surface area contributed by atoms with Crippen molar-refractivity contribution < 1.29 is 22.4 Å². The molecule has 0 spiro atoms. The van der Waals surface area contributed by atoms with Crippen LogP contribution in [0.3, 0.4) is 0 Å². The minimum absolute atomic E-state index is 0.0758. The van der Waals surface area contributed by atoms with Gasteiger partial charge in [-0.05, 0) is 24.3 Å². The first-order valence-corrected chi connectivity index (χ1v) is 5.03. The molecule has 1 heterocycles. The van der Waals surface area contributed by atoms with Crippen LogP contribution in [0.2, 0.25) is 0 Å². The average Bonchev–Trinajstić information content (AvgIpc) is 2.85. The highest BCUT2D eigenvalue weighted by atomic mass is 19.2. The zero-order chi connectivity index (χ0) is 13.1. The molecule has 3 nitrogen and oxygen atoms in total. The second kappa shape index (κ2) is 4.95. The Morgan fingerprint density at radius 2 is 1.89 bits per heavy atom. The van der Waals surface area contributed by atoms with Crippen LogP contribution in [-0.2, 0) is 6.54 Å². The van der Waals surface area contributed by atoms with Gasteiger partial charge in [0.15, 0.2) is 17.5 Å². The lowest BCUT2D eigenvalue weighted by Gasteiger charge is -2.04. The first-order chi connectivity index (χ1) is 8.58. The zero-order valence-electron chi connectivity index (χ0n) is 9.04. The minimum atomic E-state index is -1.60. The van der Waals surface area contributed by atoms with Gasteiger partial charge in [0.2, 0.25) is 0 Å². The molecule has 2 aromatic rings. The normalized spacial score (nSPS) is 10.4. The fourth-order valence-corrected chi connectivity index (χ4v) is 1.37. The van der Waals surface area contributed by atoms with E-state index in [-0.39, 0.29) is 12.1 Å². The Morgan fingerprint density at radius 1 is 1.22 bits per heavy atom. The van der Waals surface area contributed by atoms with E-state index in [1.807, 2.05) is 0 Å². The minimum Gasteiger partial charge on any atom is -0.467 e. The van der Waals surface area contributed by atoms with Crippen molar-refractivity contribution in [3.05, 3.63) is 59.3 Å². The molecule has 0 unspecified atom stereocenters. The molecular weight excluding hydrogens is 247 g/mol. The predicted octanol–water partition coefficient (Wildman–Crippen LogP) is 2.63. The van der Waals surface area contributed by atoms with Gasteiger partial charge in [-0.2, -0.15) is 0 Å². The maximum atomic E-state index is 12.9. The van der Waals surface area contributed by atoms with Crippen LogP contribution in [-0.4, -0.2) is 5.91 Å². The van der Waals surface area contributed by atoms with E-state index in [0.29, 0.717) is 17.9 Å². The van der Waals surface area contributed by atoms with Crippen molar-refractivity contribution in [3.8, 4) is 0 Å². The molecule has 1 aromatic carbocycles. The second-order valence-electron chi connectivity index (χ2n) is 3.52. The van der Waals surface area contributed by atoms with E-state index in [9.17, 15) is 18.0 Å².